The molecule has 7 heteroatoms. The Hall–Kier alpha value is -3.58. The molecular formula is C30H33N3O3S. The van der Waals surface area contributed by atoms with Gasteiger partial charge in [0.25, 0.3) is 0 Å². The van der Waals surface area contributed by atoms with Gasteiger partial charge >= 0.3 is 5.97 Å². The van der Waals surface area contributed by atoms with Crippen LogP contribution < -0.4 is 5.32 Å². The number of nitrogens with one attached hydrogen (secondary N) is 1. The summed E-state index contributed by atoms with van der Waals surface area (Å²) in [7, 11) is 0. The van der Waals surface area contributed by atoms with Crippen molar-refractivity contribution in [2.75, 3.05) is 5.75 Å². The molecule has 0 aliphatic carbocycles. The molecular weight excluding hydrogens is 482 g/mol. The van der Waals surface area contributed by atoms with E-state index in [-0.39, 0.29) is 17.4 Å². The molecule has 1 amide bonds. The molecule has 0 radical (unpaired) electrons. The SMILES string of the molecule is CCCc1nc2c(C)cc(CNC(=O)C(CS)Cc3ccccc3)cc2n1Cc1ccc(C(=O)O)cc1. The van der Waals surface area contributed by atoms with Crippen molar-refractivity contribution in [2.45, 2.75) is 46.2 Å². The Morgan fingerprint density at radius 1 is 1.03 bits per heavy atom. The Kier molecular flexibility index (Phi) is 8.66. The average Bonchev–Trinajstić information content (AvgIpc) is 3.24. The van der Waals surface area contributed by atoms with Crippen LogP contribution in [0.15, 0.2) is 66.7 Å². The van der Waals surface area contributed by atoms with E-state index in [1.54, 1.807) is 12.1 Å². The number of aromatic carboxylic acids is 1. The number of imidazole rings is 1. The molecule has 0 bridgehead atoms. The van der Waals surface area contributed by atoms with Crippen molar-refractivity contribution < 1.29 is 14.7 Å². The third-order valence-corrected chi connectivity index (χ3v) is 7.02. The lowest BCUT2D eigenvalue weighted by Crippen LogP contribution is -2.32. The van der Waals surface area contributed by atoms with Crippen LogP contribution in [0.4, 0.5) is 0 Å². The molecule has 0 aliphatic rings. The lowest BCUT2D eigenvalue weighted by molar-refractivity contribution is -0.124. The Labute approximate surface area is 223 Å². The zero-order valence-corrected chi connectivity index (χ0v) is 22.2. The number of carbonyl (C=O) groups excluding carboxylic acids is 1. The van der Waals surface area contributed by atoms with Crippen molar-refractivity contribution in [3.05, 3.63) is 100 Å². The number of carboxylic acid groups (broad SMARTS) is 1. The van der Waals surface area contributed by atoms with Crippen molar-refractivity contribution in [1.29, 1.82) is 0 Å². The van der Waals surface area contributed by atoms with E-state index in [0.717, 1.165) is 52.0 Å². The number of amides is 1. The number of benzene rings is 3. The van der Waals surface area contributed by atoms with Gasteiger partial charge in [-0.25, -0.2) is 9.78 Å². The molecule has 1 heterocycles. The van der Waals surface area contributed by atoms with Gasteiger partial charge in [-0.15, -0.1) is 0 Å². The van der Waals surface area contributed by atoms with Crippen LogP contribution >= 0.6 is 12.6 Å². The molecule has 1 atom stereocenters. The van der Waals surface area contributed by atoms with Crippen LogP contribution in [-0.2, 0) is 30.7 Å². The van der Waals surface area contributed by atoms with Gasteiger partial charge in [-0.3, -0.25) is 4.79 Å². The maximum atomic E-state index is 13.0. The first-order valence-electron chi connectivity index (χ1n) is 12.6. The molecule has 6 nitrogen and oxygen atoms in total. The maximum absolute atomic E-state index is 13.0. The number of rotatable bonds is 11. The number of carboxylic acids is 1. The fourth-order valence-electron chi connectivity index (χ4n) is 4.61. The molecule has 2 N–H and O–H groups in total. The summed E-state index contributed by atoms with van der Waals surface area (Å²) in [6.45, 7) is 5.21. The molecule has 0 saturated carbocycles. The van der Waals surface area contributed by atoms with Gasteiger partial charge < -0.3 is 15.0 Å². The van der Waals surface area contributed by atoms with Crippen molar-refractivity contribution in [3.63, 3.8) is 0 Å². The van der Waals surface area contributed by atoms with E-state index >= 15 is 0 Å². The highest BCUT2D eigenvalue weighted by Gasteiger charge is 2.18. The molecule has 0 aliphatic heterocycles. The summed E-state index contributed by atoms with van der Waals surface area (Å²) in [6, 6.07) is 21.2. The fraction of sp³-hybridized carbons (Fsp3) is 0.300. The average molecular weight is 516 g/mol. The van der Waals surface area contributed by atoms with E-state index in [1.807, 2.05) is 49.4 Å². The molecule has 4 aromatic rings. The van der Waals surface area contributed by atoms with Crippen molar-refractivity contribution in [1.82, 2.24) is 14.9 Å². The highest BCUT2D eigenvalue weighted by Crippen LogP contribution is 2.24. The summed E-state index contributed by atoms with van der Waals surface area (Å²) in [5, 5.41) is 12.3. The predicted octanol–water partition coefficient (Wildman–Crippen LogP) is 5.45. The molecule has 4 rings (SSSR count). The Bertz CT molecular complexity index is 1380. The minimum absolute atomic E-state index is 0.00435. The number of hydrogen-bond donors (Lipinski definition) is 3. The first-order chi connectivity index (χ1) is 17.9. The zero-order chi connectivity index (χ0) is 26.4. The summed E-state index contributed by atoms with van der Waals surface area (Å²) < 4.78 is 2.21. The summed E-state index contributed by atoms with van der Waals surface area (Å²) >= 11 is 4.43. The highest BCUT2D eigenvalue weighted by atomic mass is 32.1. The van der Waals surface area contributed by atoms with Crippen LogP contribution in [-0.4, -0.2) is 32.3 Å². The van der Waals surface area contributed by atoms with E-state index in [0.29, 0.717) is 25.3 Å². The van der Waals surface area contributed by atoms with Crippen LogP contribution in [0, 0.1) is 12.8 Å². The largest absolute Gasteiger partial charge is 0.478 e. The normalized spacial score (nSPS) is 12.0. The standard InChI is InChI=1S/C30H33N3O3S/c1-3-7-27-32-28-20(2)14-23(17-31-29(34)25(19-37)15-21-8-5-4-6-9-21)16-26(28)33(27)18-22-10-12-24(13-11-22)30(35)36/h4-6,8-14,16,25,37H,3,7,15,17-19H2,1-2H3,(H,31,34)(H,35,36). The number of aromatic nitrogens is 2. The van der Waals surface area contributed by atoms with E-state index in [9.17, 15) is 14.7 Å². The summed E-state index contributed by atoms with van der Waals surface area (Å²) in [6.07, 6.45) is 2.47. The first kappa shape index (κ1) is 26.5. The smallest absolute Gasteiger partial charge is 0.335 e. The quantitative estimate of drug-likeness (QED) is 0.232. The summed E-state index contributed by atoms with van der Waals surface area (Å²) in [4.78, 5) is 29.1. The molecule has 192 valence electrons. The number of thiol groups is 1. The second-order valence-corrected chi connectivity index (χ2v) is 9.80. The van der Waals surface area contributed by atoms with E-state index in [1.165, 1.54) is 0 Å². The van der Waals surface area contributed by atoms with Crippen LogP contribution in [0.3, 0.4) is 0 Å². The van der Waals surface area contributed by atoms with Gasteiger partial charge in [0.15, 0.2) is 0 Å². The van der Waals surface area contributed by atoms with Crippen LogP contribution in [0.5, 0.6) is 0 Å². The third kappa shape index (κ3) is 6.41. The second kappa shape index (κ2) is 12.1. The zero-order valence-electron chi connectivity index (χ0n) is 21.3. The number of carbonyl (C=O) groups is 2. The molecule has 1 unspecified atom stereocenters. The Morgan fingerprint density at radius 3 is 2.41 bits per heavy atom. The van der Waals surface area contributed by atoms with Crippen LogP contribution in [0.2, 0.25) is 0 Å². The van der Waals surface area contributed by atoms with Gasteiger partial charge in [0.05, 0.1) is 22.5 Å². The van der Waals surface area contributed by atoms with Gasteiger partial charge in [0.1, 0.15) is 5.82 Å². The van der Waals surface area contributed by atoms with Crippen molar-refractivity contribution in [3.8, 4) is 0 Å². The topological polar surface area (TPSA) is 84.2 Å². The van der Waals surface area contributed by atoms with Crippen LogP contribution in [0.1, 0.15) is 51.8 Å². The molecule has 1 aromatic heterocycles. The van der Waals surface area contributed by atoms with Gasteiger partial charge in [0.2, 0.25) is 5.91 Å². The highest BCUT2D eigenvalue weighted by molar-refractivity contribution is 7.80. The van der Waals surface area contributed by atoms with E-state index in [2.05, 4.69) is 41.6 Å². The van der Waals surface area contributed by atoms with E-state index in [4.69, 9.17) is 4.98 Å². The molecule has 0 saturated heterocycles. The van der Waals surface area contributed by atoms with E-state index < -0.39 is 5.97 Å². The lowest BCUT2D eigenvalue weighted by atomic mass is 10.00. The lowest BCUT2D eigenvalue weighted by Gasteiger charge is -2.15. The van der Waals surface area contributed by atoms with Crippen molar-refractivity contribution >= 4 is 35.5 Å². The summed E-state index contributed by atoms with van der Waals surface area (Å²) in [5.74, 6) is 0.341. The first-order valence-corrected chi connectivity index (χ1v) is 13.3. The summed E-state index contributed by atoms with van der Waals surface area (Å²) in [5.41, 5.74) is 6.46. The van der Waals surface area contributed by atoms with Gasteiger partial charge in [-0.05, 0) is 60.2 Å². The monoisotopic (exact) mass is 515 g/mol. The number of nitrogens with zero attached hydrogens (tertiary/aromatic N) is 2. The van der Waals surface area contributed by atoms with Gasteiger partial charge in [-0.1, -0.05) is 55.5 Å². The van der Waals surface area contributed by atoms with Gasteiger partial charge in [0, 0.05) is 25.3 Å². The number of aryl methyl sites for hydroxylation is 2. The molecule has 0 fully saturated rings. The minimum Gasteiger partial charge on any atom is -0.478 e. The molecule has 0 spiro atoms. The third-order valence-electron chi connectivity index (χ3n) is 6.58. The van der Waals surface area contributed by atoms with Crippen molar-refractivity contribution in [2.24, 2.45) is 5.92 Å². The Balaban J connectivity index is 1.56. The fourth-order valence-corrected chi connectivity index (χ4v) is 4.91. The molecule has 3 aromatic carbocycles. The minimum atomic E-state index is -0.933. The number of hydrogen-bond acceptors (Lipinski definition) is 4. The van der Waals surface area contributed by atoms with Crippen LogP contribution in [0.25, 0.3) is 11.0 Å². The number of fused-ring (bicyclic) bond motifs is 1. The Morgan fingerprint density at radius 2 is 1.76 bits per heavy atom. The van der Waals surface area contributed by atoms with Gasteiger partial charge in [-0.2, -0.15) is 12.6 Å². The maximum Gasteiger partial charge on any atom is 0.335 e. The second-order valence-electron chi connectivity index (χ2n) is 9.43. The predicted molar refractivity (Wildman–Crippen MR) is 150 cm³/mol. The molecule has 37 heavy (non-hydrogen) atoms.